The minimum Gasteiger partial charge on any atom is -0.462 e. The molecule has 24 heteroatoms. The number of carbonyl (C=O) groups excluding carboxylic acids is 6. The van der Waals surface area contributed by atoms with E-state index in [-0.39, 0.29) is 32.1 Å². The Labute approximate surface area is 729 Å². The van der Waals surface area contributed by atoms with Gasteiger partial charge in [0.2, 0.25) is 11.8 Å². The maximum Gasteiger partial charge on any atom is 0.470 e. The lowest BCUT2D eigenvalue weighted by atomic mass is 9.95. The Morgan fingerprint density at radius 2 is 0.608 bits per heavy atom. The zero-order chi connectivity index (χ0) is 87.7. The van der Waals surface area contributed by atoms with Crippen molar-refractivity contribution in [3.05, 3.63) is 0 Å². The molecule has 2 rings (SSSR count). The van der Waals surface area contributed by atoms with Crippen LogP contribution < -0.4 is 10.6 Å². The molecule has 0 aromatic heterocycles. The van der Waals surface area contributed by atoms with Gasteiger partial charge in [-0.15, -0.1) is 0 Å². The molecular formula is C96H181N2O21P. The van der Waals surface area contributed by atoms with E-state index in [0.29, 0.717) is 51.4 Å². The molecule has 0 spiro atoms. The van der Waals surface area contributed by atoms with Gasteiger partial charge in [-0.2, -0.15) is 0 Å². The number of esters is 4. The van der Waals surface area contributed by atoms with Gasteiger partial charge in [0.05, 0.1) is 32.5 Å². The predicted octanol–water partition coefficient (Wildman–Crippen LogP) is 22.3. The number of hydrogen-bond donors (Lipinski definition) is 8. The van der Waals surface area contributed by atoms with Crippen LogP contribution in [-0.4, -0.2) is 159 Å². The third-order valence-electron chi connectivity index (χ3n) is 24.1. The highest BCUT2D eigenvalue weighted by Gasteiger charge is 2.53. The summed E-state index contributed by atoms with van der Waals surface area (Å²) in [6.07, 6.45) is 46.8. The van der Waals surface area contributed by atoms with Gasteiger partial charge in [-0.25, -0.2) is 4.57 Å². The van der Waals surface area contributed by atoms with Gasteiger partial charge in [-0.1, -0.05) is 388 Å². The molecule has 23 nitrogen and oxygen atoms in total. The zero-order valence-corrected chi connectivity index (χ0v) is 77.9. The van der Waals surface area contributed by atoms with Crippen LogP contribution in [0.15, 0.2) is 0 Å². The molecule has 2 saturated heterocycles. The smallest absolute Gasteiger partial charge is 0.462 e. The molecule has 0 radical (unpaired) electrons. The second-order valence-corrected chi connectivity index (χ2v) is 36.7. The molecule has 2 amide bonds. The van der Waals surface area contributed by atoms with E-state index in [1.54, 1.807) is 0 Å². The maximum absolute atomic E-state index is 15.0. The molecule has 0 aromatic rings. The van der Waals surface area contributed by atoms with E-state index in [2.05, 4.69) is 52.2 Å². The van der Waals surface area contributed by atoms with Crippen LogP contribution in [0.3, 0.4) is 0 Å². The minimum atomic E-state index is -5.58. The first-order valence-electron chi connectivity index (χ1n) is 49.9. The van der Waals surface area contributed by atoms with Gasteiger partial charge in [-0.3, -0.25) is 33.3 Å². The lowest BCUT2D eigenvalue weighted by molar-refractivity contribution is -0.297. The van der Waals surface area contributed by atoms with Crippen molar-refractivity contribution in [1.82, 2.24) is 10.6 Å². The Morgan fingerprint density at radius 3 is 0.900 bits per heavy atom. The maximum atomic E-state index is 15.0. The second kappa shape index (κ2) is 76.8. The van der Waals surface area contributed by atoms with E-state index in [1.165, 1.54) is 173 Å². The number of unbranched alkanes of at least 4 members (excludes halogenated alkanes) is 54. The van der Waals surface area contributed by atoms with Crippen LogP contribution in [-0.2, 0) is 71.0 Å². The van der Waals surface area contributed by atoms with Gasteiger partial charge in [-0.05, 0) is 57.8 Å². The molecule has 2 fully saturated rings. The molecule has 0 aromatic carbocycles. The SMILES string of the molecule is CCCCCCCCCCCCCCCC(=O)O[C@H](CCCCCCCCCCC)CC(=O)NC1[C@@H](O)[C@H](O)C(CO[C@@H]2OC(CO)[C@@H](OP(=O)(O)O)C(OC(=O)C[C@@H](CCCCCCCCCCC)OC(=O)CCCCCCCCCCCCC)[C@@H]2NC(=O)C[C@@H](CCCCCCCCCCC)OC(=O)CCCCCCCCCCC)O[C@@H]1O. The van der Waals surface area contributed by atoms with Gasteiger partial charge >= 0.3 is 31.7 Å². The van der Waals surface area contributed by atoms with Crippen molar-refractivity contribution in [1.29, 1.82) is 0 Å². The Kier molecular flexibility index (Phi) is 72.2. The van der Waals surface area contributed by atoms with Crippen LogP contribution in [0.5, 0.6) is 0 Å². The number of amides is 2. The number of hydrogen-bond acceptors (Lipinski definition) is 19. The van der Waals surface area contributed by atoms with Crippen molar-refractivity contribution in [3.63, 3.8) is 0 Å². The number of phosphoric acid groups is 1. The summed E-state index contributed by atoms with van der Waals surface area (Å²) in [7, 11) is -5.58. The highest BCUT2D eigenvalue weighted by molar-refractivity contribution is 7.46. The van der Waals surface area contributed by atoms with Gasteiger partial charge < -0.3 is 74.0 Å². The van der Waals surface area contributed by atoms with Crippen molar-refractivity contribution in [2.75, 3.05) is 13.2 Å². The molecule has 120 heavy (non-hydrogen) atoms. The van der Waals surface area contributed by atoms with E-state index in [4.69, 9.17) is 37.7 Å². The first-order chi connectivity index (χ1) is 58.2. The van der Waals surface area contributed by atoms with Crippen molar-refractivity contribution < 1.29 is 101 Å². The predicted molar refractivity (Wildman–Crippen MR) is 478 cm³/mol. The van der Waals surface area contributed by atoms with Gasteiger partial charge in [0.15, 0.2) is 18.7 Å². The molecule has 706 valence electrons. The number of ether oxygens (including phenoxy) is 7. The number of aliphatic hydroxyl groups excluding tert-OH is 4. The van der Waals surface area contributed by atoms with E-state index < -0.39 is 149 Å². The monoisotopic (exact) mass is 1730 g/mol. The first kappa shape index (κ1) is 113. The Morgan fingerprint density at radius 1 is 0.333 bits per heavy atom. The summed E-state index contributed by atoms with van der Waals surface area (Å²) >= 11 is 0. The summed E-state index contributed by atoms with van der Waals surface area (Å²) in [5, 5.41) is 51.8. The molecule has 0 aliphatic carbocycles. The second-order valence-electron chi connectivity index (χ2n) is 35.5. The Bertz CT molecular complexity index is 2510. The molecule has 4 unspecified atom stereocenters. The number of phosphoric ester groups is 1. The summed E-state index contributed by atoms with van der Waals surface area (Å²) in [4.78, 5) is 106. The Balaban J connectivity index is 2.56. The number of nitrogens with one attached hydrogen (secondary N) is 2. The van der Waals surface area contributed by atoms with Crippen LogP contribution in [0, 0.1) is 0 Å². The van der Waals surface area contributed by atoms with E-state index in [9.17, 15) is 63.5 Å². The van der Waals surface area contributed by atoms with Gasteiger partial charge in [0, 0.05) is 19.3 Å². The molecule has 8 N–H and O–H groups in total. The van der Waals surface area contributed by atoms with Crippen molar-refractivity contribution >= 4 is 43.5 Å². The highest BCUT2D eigenvalue weighted by atomic mass is 31.2. The summed E-state index contributed by atoms with van der Waals surface area (Å²) in [5.41, 5.74) is 0. The van der Waals surface area contributed by atoms with Gasteiger partial charge in [0.1, 0.15) is 60.9 Å². The molecule has 2 aliphatic rings. The van der Waals surface area contributed by atoms with Crippen LogP contribution in [0.4, 0.5) is 0 Å². The average molecular weight is 1730 g/mol. The van der Waals surface area contributed by atoms with Gasteiger partial charge in [0.25, 0.3) is 0 Å². The normalized spacial score (nSPS) is 20.2. The van der Waals surface area contributed by atoms with Crippen LogP contribution in [0.1, 0.15) is 485 Å². The number of carbonyl (C=O) groups is 6. The van der Waals surface area contributed by atoms with E-state index in [1.807, 2.05) is 0 Å². The zero-order valence-electron chi connectivity index (χ0n) is 77.0. The fraction of sp³-hybridized carbons (Fsp3) is 0.938. The molecule has 2 heterocycles. The lowest BCUT2D eigenvalue weighted by Gasteiger charge is -2.46. The average Bonchev–Trinajstić information content (AvgIpc) is 0.777. The summed E-state index contributed by atoms with van der Waals surface area (Å²) < 4.78 is 61.4. The van der Waals surface area contributed by atoms with Crippen molar-refractivity contribution in [3.8, 4) is 0 Å². The fourth-order valence-corrected chi connectivity index (χ4v) is 17.3. The van der Waals surface area contributed by atoms with Crippen LogP contribution in [0.2, 0.25) is 0 Å². The van der Waals surface area contributed by atoms with E-state index in [0.717, 1.165) is 173 Å². The largest absolute Gasteiger partial charge is 0.470 e. The Hall–Kier alpha value is -3.35. The topological polar surface area (TPSA) is 339 Å². The summed E-state index contributed by atoms with van der Waals surface area (Å²) in [5.74, 6) is -3.84. The fourth-order valence-electron chi connectivity index (χ4n) is 16.7. The van der Waals surface area contributed by atoms with Crippen molar-refractivity contribution in [2.45, 2.75) is 564 Å². The lowest BCUT2D eigenvalue weighted by Crippen LogP contribution is -2.67. The minimum absolute atomic E-state index is 0.124. The molecule has 0 bridgehead atoms. The molecular weight excluding hydrogens is 1550 g/mol. The summed E-state index contributed by atoms with van der Waals surface area (Å²) in [6, 6.07) is -3.37. The van der Waals surface area contributed by atoms with Crippen molar-refractivity contribution in [2.24, 2.45) is 0 Å². The number of rotatable bonds is 84. The third-order valence-corrected chi connectivity index (χ3v) is 24.6. The molecule has 0 saturated carbocycles. The van der Waals surface area contributed by atoms with Crippen LogP contribution >= 0.6 is 7.82 Å². The van der Waals surface area contributed by atoms with E-state index >= 15 is 0 Å². The molecule has 2 aliphatic heterocycles. The highest BCUT2D eigenvalue weighted by Crippen LogP contribution is 2.43. The molecule has 13 atom stereocenters. The van der Waals surface area contributed by atoms with Crippen LogP contribution in [0.25, 0.3) is 0 Å². The summed E-state index contributed by atoms with van der Waals surface area (Å²) in [6.45, 7) is 11.4. The third kappa shape index (κ3) is 60.3. The standard InChI is InChI=1S/C96H181N2O21P/c1-7-13-19-25-31-37-39-40-42-48-54-59-65-70-85(102)113-78(67-61-55-49-43-33-27-21-15-9-3)73-83(100)97-89-92(107)91(106)82(116-95(89)108)77-112-96-90(98-84(101)74-79(68-62-56-50-44-34-28-22-16-10-4)114-86(103)71-64-58-52-46-36-30-24-18-12-6)94(93(81(76-99)117-96)119-120(109,110)111)118-88(105)75-80(69-63-57-51-45-35-29-23-17-11-5)115-87(104)72-66-60-53-47-41-38-32-26-20-14-8-2/h78-82,89-96,99,106-108H,7-77H2,1-6H3,(H,97,100)(H,98,101)(H2,109,110,111)/t78-,79-,80-,81?,82?,89?,90+,91-,92-,93-,94?,95+,96-/m1/s1. The first-order valence-corrected chi connectivity index (χ1v) is 51.4. The quantitative estimate of drug-likeness (QED) is 0.0121. The number of aliphatic hydroxyl groups is 4.